The zero-order valence-electron chi connectivity index (χ0n) is 13.8. The number of carbonyl (C=O) groups excluding carboxylic acids is 2. The Labute approximate surface area is 137 Å². The van der Waals surface area contributed by atoms with Gasteiger partial charge in [-0.1, -0.05) is 0 Å². The van der Waals surface area contributed by atoms with Crippen molar-refractivity contribution in [1.29, 1.82) is 0 Å². The van der Waals surface area contributed by atoms with Gasteiger partial charge in [0.05, 0.1) is 5.25 Å². The van der Waals surface area contributed by atoms with E-state index in [4.69, 9.17) is 0 Å². The van der Waals surface area contributed by atoms with Gasteiger partial charge in [0.1, 0.15) is 0 Å². The number of sulfonamides is 1. The molecule has 8 heteroatoms. The van der Waals surface area contributed by atoms with E-state index in [0.29, 0.717) is 45.7 Å². The van der Waals surface area contributed by atoms with Gasteiger partial charge in [0.2, 0.25) is 21.8 Å². The lowest BCUT2D eigenvalue weighted by molar-refractivity contribution is -0.130. The zero-order valence-corrected chi connectivity index (χ0v) is 14.6. The molecule has 1 atom stereocenters. The second-order valence-electron chi connectivity index (χ2n) is 7.10. The molecule has 0 radical (unpaired) electrons. The maximum absolute atomic E-state index is 12.7. The van der Waals surface area contributed by atoms with Gasteiger partial charge in [0.25, 0.3) is 0 Å². The van der Waals surface area contributed by atoms with Crippen LogP contribution in [0.5, 0.6) is 0 Å². The first kappa shape index (κ1) is 16.7. The Kier molecular flexibility index (Phi) is 4.16. The Bertz CT molecular complexity index is 616. The normalized spacial score (nSPS) is 30.1. The van der Waals surface area contributed by atoms with Gasteiger partial charge in [0, 0.05) is 58.0 Å². The lowest BCUT2D eigenvalue weighted by Gasteiger charge is -2.33. The highest BCUT2D eigenvalue weighted by Gasteiger charge is 2.50. The molecule has 7 nitrogen and oxygen atoms in total. The quantitative estimate of drug-likeness (QED) is 0.716. The third-order valence-corrected chi connectivity index (χ3v) is 7.54. The minimum Gasteiger partial charge on any atom is -0.342 e. The summed E-state index contributed by atoms with van der Waals surface area (Å²) in [4.78, 5) is 27.6. The van der Waals surface area contributed by atoms with Crippen LogP contribution in [0.4, 0.5) is 0 Å². The van der Waals surface area contributed by atoms with E-state index in [2.05, 4.69) is 0 Å². The molecule has 2 saturated heterocycles. The highest BCUT2D eigenvalue weighted by atomic mass is 32.2. The molecule has 0 aromatic heterocycles. The molecule has 130 valence electrons. The van der Waals surface area contributed by atoms with Crippen LogP contribution in [-0.4, -0.2) is 78.9 Å². The van der Waals surface area contributed by atoms with Crippen molar-refractivity contribution in [3.63, 3.8) is 0 Å². The van der Waals surface area contributed by atoms with Gasteiger partial charge in [-0.2, -0.15) is 4.31 Å². The van der Waals surface area contributed by atoms with Gasteiger partial charge in [-0.25, -0.2) is 8.42 Å². The summed E-state index contributed by atoms with van der Waals surface area (Å²) >= 11 is 0. The predicted octanol–water partition coefficient (Wildman–Crippen LogP) is -0.119. The molecule has 0 aromatic carbocycles. The molecule has 1 saturated carbocycles. The molecule has 0 bridgehead atoms. The van der Waals surface area contributed by atoms with E-state index < -0.39 is 15.4 Å². The van der Waals surface area contributed by atoms with E-state index in [-0.39, 0.29) is 17.1 Å². The summed E-state index contributed by atoms with van der Waals surface area (Å²) in [6, 6.07) is 0. The third-order valence-electron chi connectivity index (χ3n) is 5.20. The molecular formula is C15H25N3O4S. The first-order valence-electron chi connectivity index (χ1n) is 8.30. The van der Waals surface area contributed by atoms with Crippen LogP contribution in [0.2, 0.25) is 0 Å². The van der Waals surface area contributed by atoms with E-state index in [1.54, 1.807) is 14.1 Å². The molecule has 0 unspecified atom stereocenters. The number of hydrogen-bond acceptors (Lipinski definition) is 4. The van der Waals surface area contributed by atoms with Gasteiger partial charge < -0.3 is 9.80 Å². The smallest absolute Gasteiger partial charge is 0.223 e. The summed E-state index contributed by atoms with van der Waals surface area (Å²) in [5.74, 6) is -0.000820. The number of nitrogens with zero attached hydrogens (tertiary/aromatic N) is 3. The van der Waals surface area contributed by atoms with Crippen molar-refractivity contribution < 1.29 is 18.0 Å². The fourth-order valence-electron chi connectivity index (χ4n) is 3.76. The number of likely N-dealkylation sites (tertiary alicyclic amines) is 1. The Hall–Kier alpha value is -1.15. The molecule has 0 aromatic rings. The van der Waals surface area contributed by atoms with Crippen LogP contribution >= 0.6 is 0 Å². The number of amides is 2. The lowest BCUT2D eigenvalue weighted by atomic mass is 9.86. The van der Waals surface area contributed by atoms with E-state index >= 15 is 0 Å². The maximum Gasteiger partial charge on any atom is 0.223 e. The second kappa shape index (κ2) is 5.73. The molecule has 1 aliphatic carbocycles. The van der Waals surface area contributed by atoms with Crippen molar-refractivity contribution in [3.8, 4) is 0 Å². The largest absolute Gasteiger partial charge is 0.342 e. The zero-order chi connectivity index (χ0) is 16.8. The molecule has 2 amide bonds. The summed E-state index contributed by atoms with van der Waals surface area (Å²) in [5.41, 5.74) is -0.475. The number of hydrogen-bond donors (Lipinski definition) is 0. The number of carbonyl (C=O) groups is 2. The van der Waals surface area contributed by atoms with Gasteiger partial charge in [-0.3, -0.25) is 9.59 Å². The van der Waals surface area contributed by atoms with Crippen LogP contribution < -0.4 is 0 Å². The number of rotatable bonds is 3. The molecular weight excluding hydrogens is 318 g/mol. The SMILES string of the molecule is CCN1C[C@]2(CC1=O)CN(C(C)=O)CCN(S(=O)(=O)C1CC1)C2. The average Bonchev–Trinajstić information content (AvgIpc) is 3.28. The van der Waals surface area contributed by atoms with E-state index in [1.807, 2.05) is 6.92 Å². The summed E-state index contributed by atoms with van der Waals surface area (Å²) in [7, 11) is -3.30. The van der Waals surface area contributed by atoms with Gasteiger partial charge in [-0.15, -0.1) is 0 Å². The van der Waals surface area contributed by atoms with Crippen LogP contribution in [0.25, 0.3) is 0 Å². The van der Waals surface area contributed by atoms with Gasteiger partial charge in [0.15, 0.2) is 0 Å². The first-order chi connectivity index (χ1) is 10.8. The Morgan fingerprint density at radius 3 is 2.43 bits per heavy atom. The molecule has 2 aliphatic heterocycles. The molecule has 3 aliphatic rings. The van der Waals surface area contributed by atoms with Gasteiger partial charge >= 0.3 is 0 Å². The average molecular weight is 343 g/mol. The highest BCUT2D eigenvalue weighted by molar-refractivity contribution is 7.90. The lowest BCUT2D eigenvalue weighted by Crippen LogP contribution is -2.45. The first-order valence-corrected chi connectivity index (χ1v) is 9.80. The Morgan fingerprint density at radius 2 is 1.91 bits per heavy atom. The van der Waals surface area contributed by atoms with E-state index in [0.717, 1.165) is 12.8 Å². The van der Waals surface area contributed by atoms with Crippen molar-refractivity contribution in [1.82, 2.24) is 14.1 Å². The molecule has 1 spiro atoms. The van der Waals surface area contributed by atoms with Crippen LogP contribution in [0.3, 0.4) is 0 Å². The molecule has 3 rings (SSSR count). The monoisotopic (exact) mass is 343 g/mol. The van der Waals surface area contributed by atoms with Crippen LogP contribution in [-0.2, 0) is 19.6 Å². The summed E-state index contributed by atoms with van der Waals surface area (Å²) in [5, 5.41) is -0.261. The van der Waals surface area contributed by atoms with Crippen LogP contribution in [0.15, 0.2) is 0 Å². The Morgan fingerprint density at radius 1 is 1.22 bits per heavy atom. The van der Waals surface area contributed by atoms with Crippen molar-refractivity contribution in [2.24, 2.45) is 5.41 Å². The maximum atomic E-state index is 12.7. The topological polar surface area (TPSA) is 78.0 Å². The standard InChI is InChI=1S/C15H25N3O4S/c1-3-16-9-15(8-14(16)20)10-17(12(2)19)6-7-18(11-15)23(21,22)13-4-5-13/h13H,3-11H2,1-2H3/t15-/m1/s1. The minimum absolute atomic E-state index is 0.0571. The van der Waals surface area contributed by atoms with Crippen molar-refractivity contribution in [3.05, 3.63) is 0 Å². The molecule has 2 heterocycles. The van der Waals surface area contributed by atoms with E-state index in [9.17, 15) is 18.0 Å². The summed E-state index contributed by atoms with van der Waals surface area (Å²) in [6.07, 6.45) is 1.77. The summed E-state index contributed by atoms with van der Waals surface area (Å²) < 4.78 is 26.9. The minimum atomic E-state index is -3.30. The predicted molar refractivity (Wildman–Crippen MR) is 85.1 cm³/mol. The molecule has 0 N–H and O–H groups in total. The molecule has 3 fully saturated rings. The fraction of sp³-hybridized carbons (Fsp3) is 0.867. The second-order valence-corrected chi connectivity index (χ2v) is 9.32. The fourth-order valence-corrected chi connectivity index (χ4v) is 5.71. The summed E-state index contributed by atoms with van der Waals surface area (Å²) in [6.45, 7) is 6.13. The highest BCUT2D eigenvalue weighted by Crippen LogP contribution is 2.38. The van der Waals surface area contributed by atoms with Crippen LogP contribution in [0.1, 0.15) is 33.1 Å². The van der Waals surface area contributed by atoms with Gasteiger partial charge in [-0.05, 0) is 19.8 Å². The molecule has 23 heavy (non-hydrogen) atoms. The Balaban J connectivity index is 1.89. The van der Waals surface area contributed by atoms with Crippen molar-refractivity contribution in [2.45, 2.75) is 38.4 Å². The van der Waals surface area contributed by atoms with Crippen molar-refractivity contribution in [2.75, 3.05) is 39.3 Å². The third kappa shape index (κ3) is 3.10. The van der Waals surface area contributed by atoms with Crippen molar-refractivity contribution >= 4 is 21.8 Å². The van der Waals surface area contributed by atoms with Crippen LogP contribution in [0, 0.1) is 5.41 Å². The van der Waals surface area contributed by atoms with E-state index in [1.165, 1.54) is 6.92 Å².